The zero-order chi connectivity index (χ0) is 13.9. The van der Waals surface area contributed by atoms with Crippen molar-refractivity contribution in [1.82, 2.24) is 4.90 Å². The van der Waals surface area contributed by atoms with Gasteiger partial charge in [0.2, 0.25) is 5.91 Å². The summed E-state index contributed by atoms with van der Waals surface area (Å²) >= 11 is 3.34. The van der Waals surface area contributed by atoms with Crippen molar-refractivity contribution >= 4 is 21.8 Å². The summed E-state index contributed by atoms with van der Waals surface area (Å²) in [5, 5.41) is 0. The van der Waals surface area contributed by atoms with Crippen LogP contribution in [0.1, 0.15) is 32.8 Å². The Morgan fingerprint density at radius 3 is 2.61 bits per heavy atom. The van der Waals surface area contributed by atoms with Crippen molar-refractivity contribution in [2.24, 2.45) is 0 Å². The average molecular weight is 316 g/mol. The van der Waals surface area contributed by atoms with Gasteiger partial charge in [0.25, 0.3) is 0 Å². The molecule has 18 heavy (non-hydrogen) atoms. The molecular weight excluding hydrogens is 297 g/mol. The van der Waals surface area contributed by atoms with E-state index in [1.54, 1.807) is 18.0 Å². The Hall–Kier alpha value is -0.900. The van der Waals surface area contributed by atoms with Crippen LogP contribution in [0.4, 0.5) is 4.39 Å². The maximum absolute atomic E-state index is 13.2. The van der Waals surface area contributed by atoms with Crippen LogP contribution in [-0.2, 0) is 11.2 Å². The van der Waals surface area contributed by atoms with E-state index in [1.165, 1.54) is 12.1 Å². The highest BCUT2D eigenvalue weighted by Crippen LogP contribution is 2.22. The van der Waals surface area contributed by atoms with Gasteiger partial charge < -0.3 is 4.90 Å². The van der Waals surface area contributed by atoms with Gasteiger partial charge in [-0.25, -0.2) is 4.39 Å². The fourth-order valence-electron chi connectivity index (χ4n) is 1.54. The third kappa shape index (κ3) is 3.55. The molecule has 1 aromatic carbocycles. The molecule has 0 aliphatic heterocycles. The number of nitrogens with zero attached hydrogens (tertiary/aromatic N) is 1. The maximum Gasteiger partial charge on any atom is 0.227 e. The molecule has 0 atom stereocenters. The Labute approximate surface area is 116 Å². The highest BCUT2D eigenvalue weighted by molar-refractivity contribution is 9.10. The summed E-state index contributed by atoms with van der Waals surface area (Å²) < 4.78 is 13.9. The molecular formula is C14H19BrFNO. The predicted molar refractivity (Wildman–Crippen MR) is 74.9 cm³/mol. The number of halogens is 2. The quantitative estimate of drug-likeness (QED) is 0.828. The predicted octanol–water partition coefficient (Wildman–Crippen LogP) is 3.78. The molecule has 0 saturated carbocycles. The molecule has 0 bridgehead atoms. The first-order valence-electron chi connectivity index (χ1n) is 5.98. The lowest BCUT2D eigenvalue weighted by Crippen LogP contribution is -2.45. The number of benzene rings is 1. The minimum atomic E-state index is -0.321. The number of hydrogen-bond acceptors (Lipinski definition) is 1. The molecule has 0 spiro atoms. The Morgan fingerprint density at radius 2 is 2.06 bits per heavy atom. The summed E-state index contributed by atoms with van der Waals surface area (Å²) in [5.74, 6) is -0.327. The zero-order valence-corrected chi connectivity index (χ0v) is 12.8. The van der Waals surface area contributed by atoms with Crippen LogP contribution in [0.15, 0.2) is 22.7 Å². The third-order valence-corrected chi connectivity index (χ3v) is 4.27. The normalized spacial score (nSPS) is 11.4. The molecule has 0 unspecified atom stereocenters. The molecule has 1 rings (SSSR count). The van der Waals surface area contributed by atoms with E-state index in [0.29, 0.717) is 5.56 Å². The highest BCUT2D eigenvalue weighted by atomic mass is 79.9. The van der Waals surface area contributed by atoms with Crippen molar-refractivity contribution in [3.05, 3.63) is 34.1 Å². The summed E-state index contributed by atoms with van der Waals surface area (Å²) in [6, 6.07) is 4.40. The highest BCUT2D eigenvalue weighted by Gasteiger charge is 2.25. The van der Waals surface area contributed by atoms with Crippen molar-refractivity contribution in [3.8, 4) is 0 Å². The molecule has 100 valence electrons. The molecule has 0 saturated heterocycles. The van der Waals surface area contributed by atoms with Gasteiger partial charge in [0.15, 0.2) is 0 Å². The Morgan fingerprint density at radius 1 is 1.44 bits per heavy atom. The van der Waals surface area contributed by atoms with Crippen molar-refractivity contribution in [2.75, 3.05) is 7.05 Å². The number of hydrogen-bond donors (Lipinski definition) is 0. The van der Waals surface area contributed by atoms with Crippen LogP contribution in [0.2, 0.25) is 0 Å². The number of amides is 1. The maximum atomic E-state index is 13.2. The smallest absolute Gasteiger partial charge is 0.227 e. The largest absolute Gasteiger partial charge is 0.340 e. The van der Waals surface area contributed by atoms with Gasteiger partial charge in [-0.2, -0.15) is 0 Å². The molecule has 0 fully saturated rings. The van der Waals surface area contributed by atoms with Crippen LogP contribution in [0.3, 0.4) is 0 Å². The molecule has 1 aromatic rings. The second-order valence-electron chi connectivity index (χ2n) is 5.03. The standard InChI is InChI=1S/C14H19BrFNO/c1-5-14(2,3)17(4)13(18)9-10-8-11(16)6-7-12(10)15/h6-8H,5,9H2,1-4H3. The van der Waals surface area contributed by atoms with Crippen molar-refractivity contribution in [2.45, 2.75) is 39.2 Å². The first-order chi connectivity index (χ1) is 8.27. The Bertz CT molecular complexity index is 445. The second-order valence-corrected chi connectivity index (χ2v) is 5.89. The van der Waals surface area contributed by atoms with Crippen LogP contribution in [0, 0.1) is 5.82 Å². The lowest BCUT2D eigenvalue weighted by Gasteiger charge is -2.35. The van der Waals surface area contributed by atoms with Crippen LogP contribution >= 0.6 is 15.9 Å². The summed E-state index contributed by atoms with van der Waals surface area (Å²) in [6.45, 7) is 6.08. The van der Waals surface area contributed by atoms with Gasteiger partial charge in [0.05, 0.1) is 6.42 Å². The number of likely N-dealkylation sites (N-methyl/N-ethyl adjacent to an activating group) is 1. The Kier molecular flexibility index (Phi) is 4.91. The van der Waals surface area contributed by atoms with Gasteiger partial charge in [0, 0.05) is 17.1 Å². The van der Waals surface area contributed by atoms with Gasteiger partial charge in [-0.15, -0.1) is 0 Å². The van der Waals surface area contributed by atoms with Gasteiger partial charge in [0.1, 0.15) is 5.82 Å². The van der Waals surface area contributed by atoms with E-state index >= 15 is 0 Å². The number of rotatable bonds is 4. The third-order valence-electron chi connectivity index (χ3n) is 3.50. The van der Waals surface area contributed by atoms with Gasteiger partial charge in [-0.1, -0.05) is 22.9 Å². The zero-order valence-electron chi connectivity index (χ0n) is 11.3. The minimum absolute atomic E-state index is 0.00634. The van der Waals surface area contributed by atoms with E-state index < -0.39 is 0 Å². The average Bonchev–Trinajstić information content (AvgIpc) is 2.32. The van der Waals surface area contributed by atoms with Crippen LogP contribution in [-0.4, -0.2) is 23.4 Å². The molecule has 0 heterocycles. The van der Waals surface area contributed by atoms with Crippen molar-refractivity contribution in [1.29, 1.82) is 0 Å². The van der Waals surface area contributed by atoms with Crippen LogP contribution in [0.5, 0.6) is 0 Å². The fraction of sp³-hybridized carbons (Fsp3) is 0.500. The first-order valence-corrected chi connectivity index (χ1v) is 6.78. The van der Waals surface area contributed by atoms with E-state index in [9.17, 15) is 9.18 Å². The molecule has 0 aliphatic carbocycles. The Balaban J connectivity index is 2.85. The number of carbonyl (C=O) groups is 1. The lowest BCUT2D eigenvalue weighted by molar-refractivity contribution is -0.134. The van der Waals surface area contributed by atoms with Gasteiger partial charge in [-0.05, 0) is 44.0 Å². The molecule has 4 heteroatoms. The first kappa shape index (κ1) is 15.2. The van der Waals surface area contributed by atoms with Gasteiger partial charge >= 0.3 is 0 Å². The summed E-state index contributed by atoms with van der Waals surface area (Å²) in [5.41, 5.74) is 0.496. The SMILES string of the molecule is CCC(C)(C)N(C)C(=O)Cc1cc(F)ccc1Br. The van der Waals surface area contributed by atoms with E-state index in [4.69, 9.17) is 0 Å². The van der Waals surface area contributed by atoms with Crippen LogP contribution < -0.4 is 0 Å². The summed E-state index contributed by atoms with van der Waals surface area (Å²) in [6.07, 6.45) is 1.08. The summed E-state index contributed by atoms with van der Waals surface area (Å²) in [4.78, 5) is 13.9. The van der Waals surface area contributed by atoms with Crippen molar-refractivity contribution < 1.29 is 9.18 Å². The topological polar surface area (TPSA) is 20.3 Å². The summed E-state index contributed by atoms with van der Waals surface area (Å²) in [7, 11) is 1.79. The lowest BCUT2D eigenvalue weighted by atomic mass is 9.99. The fourth-order valence-corrected chi connectivity index (χ4v) is 1.92. The molecule has 1 amide bonds. The second kappa shape index (κ2) is 5.83. The van der Waals surface area contributed by atoms with Crippen LogP contribution in [0.25, 0.3) is 0 Å². The minimum Gasteiger partial charge on any atom is -0.340 e. The molecule has 0 aromatic heterocycles. The van der Waals surface area contributed by atoms with E-state index in [2.05, 4.69) is 15.9 Å². The van der Waals surface area contributed by atoms with E-state index in [-0.39, 0.29) is 23.7 Å². The van der Waals surface area contributed by atoms with E-state index in [0.717, 1.165) is 10.9 Å². The molecule has 0 radical (unpaired) electrons. The number of carbonyl (C=O) groups excluding carboxylic acids is 1. The molecule has 0 aliphatic rings. The molecule has 0 N–H and O–H groups in total. The van der Waals surface area contributed by atoms with Gasteiger partial charge in [-0.3, -0.25) is 4.79 Å². The van der Waals surface area contributed by atoms with Crippen molar-refractivity contribution in [3.63, 3.8) is 0 Å². The molecule has 2 nitrogen and oxygen atoms in total. The van der Waals surface area contributed by atoms with E-state index in [1.807, 2.05) is 20.8 Å². The monoisotopic (exact) mass is 315 g/mol.